The normalized spacial score (nSPS) is 37.9. The van der Waals surface area contributed by atoms with E-state index >= 15 is 0 Å². The highest BCUT2D eigenvalue weighted by atomic mass is 16.8. The maximum atomic E-state index is 11.0. The first kappa shape index (κ1) is 31.0. The van der Waals surface area contributed by atoms with E-state index in [1.54, 1.807) is 0 Å². The van der Waals surface area contributed by atoms with Crippen LogP contribution in [0.4, 0.5) is 0 Å². The molecule has 0 aromatic heterocycles. The van der Waals surface area contributed by atoms with Gasteiger partial charge in [0.1, 0.15) is 60.4 Å². The van der Waals surface area contributed by atoms with Gasteiger partial charge in [-0.3, -0.25) is 0 Å². The molecule has 4 aliphatic rings. The predicted molar refractivity (Wildman–Crippen MR) is 139 cm³/mol. The zero-order valence-electron chi connectivity index (χ0n) is 22.2. The minimum atomic E-state index is -1.89. The zero-order valence-corrected chi connectivity index (χ0v) is 22.2. The average Bonchev–Trinajstić information content (AvgIpc) is 2.98. The van der Waals surface area contributed by atoms with E-state index < -0.39 is 92.2 Å². The smallest absolute Gasteiger partial charge is 0.229 e. The minimum Gasteiger partial charge on any atom is -0.508 e. The molecule has 0 radical (unpaired) electrons. The van der Waals surface area contributed by atoms with Crippen molar-refractivity contribution >= 4 is 5.76 Å². The van der Waals surface area contributed by atoms with Gasteiger partial charge in [-0.1, -0.05) is 0 Å². The van der Waals surface area contributed by atoms with Crippen molar-refractivity contribution in [3.63, 3.8) is 0 Å². The van der Waals surface area contributed by atoms with Crippen LogP contribution in [-0.4, -0.2) is 137 Å². The molecule has 2 fully saturated rings. The third kappa shape index (κ3) is 5.89. The lowest BCUT2D eigenvalue weighted by molar-refractivity contribution is -0.363. The molecule has 5 rings (SSSR count). The van der Waals surface area contributed by atoms with E-state index in [0.29, 0.717) is 0 Å². The Kier molecular flexibility index (Phi) is 8.87. The summed E-state index contributed by atoms with van der Waals surface area (Å²) in [6.07, 6.45) is -14.5. The Morgan fingerprint density at radius 1 is 0.721 bits per heavy atom. The van der Waals surface area contributed by atoms with Gasteiger partial charge in [0.05, 0.1) is 13.2 Å². The number of aliphatic hydroxyl groups excluding tert-OH is 9. The molecule has 0 amide bonds. The van der Waals surface area contributed by atoms with E-state index in [9.17, 15) is 56.2 Å². The molecule has 3 aliphatic heterocycles. The maximum Gasteiger partial charge on any atom is 0.229 e. The van der Waals surface area contributed by atoms with E-state index in [0.717, 1.165) is 18.2 Å². The van der Waals surface area contributed by atoms with Crippen molar-refractivity contribution in [1.82, 2.24) is 0 Å². The van der Waals surface area contributed by atoms with Gasteiger partial charge in [-0.25, -0.2) is 0 Å². The number of allylic oxidation sites excluding steroid dienone is 2. The molecule has 1 aromatic rings. The third-order valence-corrected chi connectivity index (χ3v) is 7.41. The number of phenolic OH excluding ortho intramolecular Hbond substituents is 2. The number of phenols is 2. The second-order valence-corrected chi connectivity index (χ2v) is 10.3. The van der Waals surface area contributed by atoms with E-state index in [1.807, 2.05) is 0 Å². The number of aromatic hydroxyl groups is 2. The van der Waals surface area contributed by atoms with Crippen molar-refractivity contribution in [3.05, 3.63) is 64.8 Å². The van der Waals surface area contributed by atoms with Gasteiger partial charge < -0.3 is 79.9 Å². The Labute approximate surface area is 243 Å². The molecular weight excluding hydrogens is 580 g/mol. The molecule has 3 heterocycles. The van der Waals surface area contributed by atoms with E-state index in [2.05, 4.69) is 0 Å². The van der Waals surface area contributed by atoms with E-state index in [1.165, 1.54) is 18.2 Å². The van der Waals surface area contributed by atoms with Crippen LogP contribution >= 0.6 is 0 Å². The Morgan fingerprint density at radius 3 is 2.02 bits per heavy atom. The summed E-state index contributed by atoms with van der Waals surface area (Å²) in [5, 5.41) is 112. The molecule has 16 nitrogen and oxygen atoms in total. The quantitative estimate of drug-likeness (QED) is 0.144. The maximum absolute atomic E-state index is 11.0. The molecule has 11 atom stereocenters. The van der Waals surface area contributed by atoms with Crippen LogP contribution in [0, 0.1) is 0 Å². The zero-order chi connectivity index (χ0) is 31.2. The number of hydrogen-bond acceptors (Lipinski definition) is 16. The summed E-state index contributed by atoms with van der Waals surface area (Å²) in [7, 11) is 0. The topological polar surface area (TPSA) is 269 Å². The van der Waals surface area contributed by atoms with Crippen molar-refractivity contribution in [2.24, 2.45) is 0 Å². The van der Waals surface area contributed by atoms with Gasteiger partial charge in [-0.05, 0) is 24.3 Å². The monoisotopic (exact) mass is 612 g/mol. The Bertz CT molecular complexity index is 1320. The fraction of sp³-hybridized carbons (Fsp3) is 0.481. The standard InChI is InChI=1S/C27H32O16/c28-7-17-19(34)21(36)23(38)26(41-17)43-25-22(37)20(35)18(8-29)42-27(25)40-16-6-11-13(32)4-10(30)5-15(11)39-24(16)9-1-2-12(31)14(33)3-9/h1-6,15,17-23,25-38H,7-8H2/t15?,17-,18-,19-,20-,21+,22+,23-,25-,26+,27+/m1/s1. The van der Waals surface area contributed by atoms with Crippen LogP contribution in [0.1, 0.15) is 5.56 Å². The number of ether oxygens (including phenoxy) is 5. The summed E-state index contributed by atoms with van der Waals surface area (Å²) in [6.45, 7) is -1.55. The summed E-state index contributed by atoms with van der Waals surface area (Å²) >= 11 is 0. The van der Waals surface area contributed by atoms with E-state index in [-0.39, 0.29) is 34.2 Å². The van der Waals surface area contributed by atoms with Crippen LogP contribution in [0.2, 0.25) is 0 Å². The van der Waals surface area contributed by atoms with Gasteiger partial charge in [0.25, 0.3) is 0 Å². The minimum absolute atomic E-state index is 0.112. The Balaban J connectivity index is 1.53. The molecule has 2 saturated heterocycles. The molecule has 1 aliphatic carbocycles. The van der Waals surface area contributed by atoms with Crippen LogP contribution in [0.25, 0.3) is 5.76 Å². The lowest BCUT2D eigenvalue weighted by atomic mass is 9.96. The number of fused-ring (bicyclic) bond motifs is 1. The van der Waals surface area contributed by atoms with Gasteiger partial charge >= 0.3 is 0 Å². The van der Waals surface area contributed by atoms with Gasteiger partial charge in [0.15, 0.2) is 35.4 Å². The molecule has 1 aromatic carbocycles. The van der Waals surface area contributed by atoms with Crippen LogP contribution < -0.4 is 0 Å². The predicted octanol–water partition coefficient (Wildman–Crippen LogP) is -2.37. The molecule has 43 heavy (non-hydrogen) atoms. The van der Waals surface area contributed by atoms with Crippen molar-refractivity contribution in [1.29, 1.82) is 0 Å². The van der Waals surface area contributed by atoms with Crippen LogP contribution in [-0.2, 0) is 23.7 Å². The molecule has 0 spiro atoms. The third-order valence-electron chi connectivity index (χ3n) is 7.41. The van der Waals surface area contributed by atoms with Crippen molar-refractivity contribution in [2.75, 3.05) is 13.2 Å². The van der Waals surface area contributed by atoms with Crippen molar-refractivity contribution in [3.8, 4) is 11.5 Å². The first-order valence-electron chi connectivity index (χ1n) is 13.1. The van der Waals surface area contributed by atoms with E-state index in [4.69, 9.17) is 23.7 Å². The second kappa shape index (κ2) is 12.3. The Morgan fingerprint density at radius 2 is 1.37 bits per heavy atom. The molecule has 16 heteroatoms. The Hall–Kier alpha value is -3.42. The lowest BCUT2D eigenvalue weighted by Gasteiger charge is -2.46. The molecular formula is C27H32O16. The highest BCUT2D eigenvalue weighted by Gasteiger charge is 2.51. The molecule has 0 saturated carbocycles. The molecule has 0 bridgehead atoms. The summed E-state index contributed by atoms with van der Waals surface area (Å²) in [6, 6.07) is 3.65. The number of benzene rings is 1. The van der Waals surface area contributed by atoms with Crippen LogP contribution in [0.15, 0.2) is 59.3 Å². The summed E-state index contributed by atoms with van der Waals surface area (Å²) in [5.41, 5.74) is 0.255. The highest BCUT2D eigenvalue weighted by molar-refractivity contribution is 5.70. The van der Waals surface area contributed by atoms with Crippen LogP contribution in [0.3, 0.4) is 0 Å². The van der Waals surface area contributed by atoms with Gasteiger partial charge in [0, 0.05) is 23.3 Å². The fourth-order valence-corrected chi connectivity index (χ4v) is 5.03. The lowest BCUT2D eigenvalue weighted by Crippen LogP contribution is -2.64. The molecule has 1 unspecified atom stereocenters. The second-order valence-electron chi connectivity index (χ2n) is 10.3. The number of aliphatic hydroxyl groups is 9. The van der Waals surface area contributed by atoms with Gasteiger partial charge in [-0.2, -0.15) is 0 Å². The SMILES string of the molecule is OC[C@H]1O[C@@H](O[C@H]2[C@@H](OC3=C(c4ccc(O)c(O)c4)OC4C=C(O)C=C(O)C4=C3)O[C@H](CO)[C@@H](O)[C@@H]2O)[C@H](O)[C@@H](O)[C@@H]1O. The van der Waals surface area contributed by atoms with Crippen molar-refractivity contribution < 1.29 is 79.9 Å². The van der Waals surface area contributed by atoms with Gasteiger partial charge in [-0.15, -0.1) is 0 Å². The first-order chi connectivity index (χ1) is 20.4. The number of rotatable bonds is 7. The molecule has 236 valence electrons. The largest absolute Gasteiger partial charge is 0.508 e. The number of hydrogen-bond donors (Lipinski definition) is 11. The van der Waals surface area contributed by atoms with Crippen molar-refractivity contribution in [2.45, 2.75) is 67.5 Å². The van der Waals surface area contributed by atoms with Crippen LogP contribution in [0.5, 0.6) is 11.5 Å². The summed E-state index contributed by atoms with van der Waals surface area (Å²) in [5.74, 6) is -1.98. The fourth-order valence-electron chi connectivity index (χ4n) is 5.03. The van der Waals surface area contributed by atoms with Gasteiger partial charge in [0.2, 0.25) is 6.29 Å². The molecule has 11 N–H and O–H groups in total. The summed E-state index contributed by atoms with van der Waals surface area (Å²) < 4.78 is 28.7. The average molecular weight is 613 g/mol. The highest BCUT2D eigenvalue weighted by Crippen LogP contribution is 2.40. The first-order valence-corrected chi connectivity index (χ1v) is 13.1. The summed E-state index contributed by atoms with van der Waals surface area (Å²) in [4.78, 5) is 0.